The van der Waals surface area contributed by atoms with Crippen LogP contribution in [-0.4, -0.2) is 59.9 Å². The van der Waals surface area contributed by atoms with Crippen LogP contribution in [0.25, 0.3) is 0 Å². The van der Waals surface area contributed by atoms with Gasteiger partial charge in [0.1, 0.15) is 0 Å². The fourth-order valence-corrected chi connectivity index (χ4v) is 2.48. The summed E-state index contributed by atoms with van der Waals surface area (Å²) >= 11 is 0. The van der Waals surface area contributed by atoms with Crippen LogP contribution in [-0.2, 0) is 9.53 Å². The van der Waals surface area contributed by atoms with E-state index in [4.69, 9.17) is 4.74 Å². The van der Waals surface area contributed by atoms with Gasteiger partial charge in [0, 0.05) is 19.6 Å². The summed E-state index contributed by atoms with van der Waals surface area (Å²) in [4.78, 5) is 14.0. The molecular formula is C11H20N2O3. The monoisotopic (exact) mass is 228 g/mol. The van der Waals surface area contributed by atoms with Crippen molar-refractivity contribution >= 4 is 5.91 Å². The van der Waals surface area contributed by atoms with E-state index in [9.17, 15) is 9.90 Å². The van der Waals surface area contributed by atoms with Gasteiger partial charge in [0.25, 0.3) is 0 Å². The van der Waals surface area contributed by atoms with E-state index in [0.29, 0.717) is 26.1 Å². The molecule has 0 aromatic carbocycles. The molecule has 2 fully saturated rings. The summed E-state index contributed by atoms with van der Waals surface area (Å²) < 4.78 is 5.59. The number of aliphatic hydroxyl groups excluding tert-OH is 1. The lowest BCUT2D eigenvalue weighted by Gasteiger charge is -2.36. The summed E-state index contributed by atoms with van der Waals surface area (Å²) in [6, 6.07) is -0.215. The first-order chi connectivity index (χ1) is 7.56. The average Bonchev–Trinajstić information content (AvgIpc) is 2.62. The van der Waals surface area contributed by atoms with Crippen LogP contribution in [0.4, 0.5) is 0 Å². The molecule has 0 aliphatic carbocycles. The maximum Gasteiger partial charge on any atom is 0.239 e. The van der Waals surface area contributed by atoms with Crippen LogP contribution in [0.3, 0.4) is 0 Å². The van der Waals surface area contributed by atoms with Gasteiger partial charge in [0.15, 0.2) is 0 Å². The molecule has 5 nitrogen and oxygen atoms in total. The van der Waals surface area contributed by atoms with Gasteiger partial charge in [0.2, 0.25) is 5.91 Å². The lowest BCUT2D eigenvalue weighted by Crippen LogP contribution is -2.53. The highest BCUT2D eigenvalue weighted by Crippen LogP contribution is 2.15. The molecule has 16 heavy (non-hydrogen) atoms. The highest BCUT2D eigenvalue weighted by molar-refractivity contribution is 5.82. The van der Waals surface area contributed by atoms with Gasteiger partial charge in [-0.2, -0.15) is 0 Å². The quantitative estimate of drug-likeness (QED) is 0.626. The largest absolute Gasteiger partial charge is 0.392 e. The number of ether oxygens (including phenoxy) is 1. The second-order valence-corrected chi connectivity index (χ2v) is 4.85. The van der Waals surface area contributed by atoms with Crippen molar-refractivity contribution in [2.24, 2.45) is 0 Å². The number of nitrogens with zero attached hydrogens (tertiary/aromatic N) is 1. The standard InChI is InChI=1S/C11H20N2O3/c1-7-5-13(6-8(2)16-7)11(15)10-3-9(14)4-12-10/h7-10,12,14H,3-6H2,1-2H3. The van der Waals surface area contributed by atoms with Crippen LogP contribution < -0.4 is 5.32 Å². The Kier molecular flexibility index (Phi) is 3.47. The van der Waals surface area contributed by atoms with E-state index in [2.05, 4.69) is 5.32 Å². The Morgan fingerprint density at radius 3 is 2.50 bits per heavy atom. The van der Waals surface area contributed by atoms with Crippen molar-refractivity contribution in [1.29, 1.82) is 0 Å². The molecule has 2 aliphatic heterocycles. The fraction of sp³-hybridized carbons (Fsp3) is 0.909. The van der Waals surface area contributed by atoms with Crippen LogP contribution in [0.1, 0.15) is 20.3 Å². The number of amides is 1. The molecule has 5 heteroatoms. The lowest BCUT2D eigenvalue weighted by molar-refractivity contribution is -0.145. The van der Waals surface area contributed by atoms with E-state index in [0.717, 1.165) is 0 Å². The Balaban J connectivity index is 1.93. The highest BCUT2D eigenvalue weighted by Gasteiger charge is 2.34. The Hall–Kier alpha value is -0.650. The molecule has 0 bridgehead atoms. The van der Waals surface area contributed by atoms with E-state index < -0.39 is 0 Å². The fourth-order valence-electron chi connectivity index (χ4n) is 2.48. The molecule has 1 amide bonds. The number of aliphatic hydroxyl groups is 1. The van der Waals surface area contributed by atoms with Gasteiger partial charge in [-0.1, -0.05) is 0 Å². The molecule has 0 aromatic rings. The van der Waals surface area contributed by atoms with Gasteiger partial charge in [-0.3, -0.25) is 4.79 Å². The molecule has 0 saturated carbocycles. The molecule has 92 valence electrons. The molecule has 2 aliphatic rings. The minimum absolute atomic E-state index is 0.0959. The van der Waals surface area contributed by atoms with Crippen LogP contribution in [0.15, 0.2) is 0 Å². The van der Waals surface area contributed by atoms with Gasteiger partial charge in [-0.05, 0) is 20.3 Å². The molecule has 0 aromatic heterocycles. The van der Waals surface area contributed by atoms with E-state index in [1.807, 2.05) is 18.7 Å². The minimum atomic E-state index is -0.384. The number of hydrogen-bond acceptors (Lipinski definition) is 4. The summed E-state index contributed by atoms with van der Waals surface area (Å²) in [5, 5.41) is 12.4. The maximum absolute atomic E-state index is 12.1. The zero-order valence-corrected chi connectivity index (χ0v) is 9.85. The van der Waals surface area contributed by atoms with Gasteiger partial charge >= 0.3 is 0 Å². The maximum atomic E-state index is 12.1. The average molecular weight is 228 g/mol. The van der Waals surface area contributed by atoms with Crippen LogP contribution in [0.5, 0.6) is 0 Å². The van der Waals surface area contributed by atoms with Crippen molar-refractivity contribution in [3.63, 3.8) is 0 Å². The normalized spacial score (nSPS) is 40.1. The summed E-state index contributed by atoms with van der Waals surface area (Å²) in [5.41, 5.74) is 0. The van der Waals surface area contributed by atoms with Crippen molar-refractivity contribution in [2.45, 2.75) is 44.6 Å². The number of rotatable bonds is 1. The smallest absolute Gasteiger partial charge is 0.239 e. The van der Waals surface area contributed by atoms with Gasteiger partial charge < -0.3 is 20.1 Å². The SMILES string of the molecule is CC1CN(C(=O)C2CC(O)CN2)CC(C)O1. The third kappa shape index (κ3) is 2.53. The summed E-state index contributed by atoms with van der Waals surface area (Å²) in [5.74, 6) is 0.0959. The molecule has 2 saturated heterocycles. The second kappa shape index (κ2) is 4.69. The molecule has 2 N–H and O–H groups in total. The summed E-state index contributed by atoms with van der Waals surface area (Å²) in [7, 11) is 0. The number of β-amino-alcohol motifs (C(OH)–C–C–N with tert-alkyl or cyclic N) is 1. The van der Waals surface area contributed by atoms with E-state index in [1.165, 1.54) is 0 Å². The van der Waals surface area contributed by atoms with E-state index in [-0.39, 0.29) is 30.3 Å². The van der Waals surface area contributed by atoms with Crippen molar-refractivity contribution in [1.82, 2.24) is 10.2 Å². The second-order valence-electron chi connectivity index (χ2n) is 4.85. The number of hydrogen-bond donors (Lipinski definition) is 2. The zero-order chi connectivity index (χ0) is 11.7. The predicted molar refractivity (Wildman–Crippen MR) is 59.0 cm³/mol. The topological polar surface area (TPSA) is 61.8 Å². The first kappa shape index (κ1) is 11.8. The number of nitrogens with one attached hydrogen (secondary N) is 1. The third-order valence-corrected chi connectivity index (χ3v) is 3.14. The molecule has 0 radical (unpaired) electrons. The van der Waals surface area contributed by atoms with Crippen molar-refractivity contribution in [2.75, 3.05) is 19.6 Å². The zero-order valence-electron chi connectivity index (χ0n) is 9.85. The number of carbonyl (C=O) groups excluding carboxylic acids is 1. The first-order valence-corrected chi connectivity index (χ1v) is 5.92. The number of carbonyl (C=O) groups is 1. The molecule has 2 rings (SSSR count). The lowest BCUT2D eigenvalue weighted by atomic mass is 10.1. The van der Waals surface area contributed by atoms with Crippen LogP contribution in [0.2, 0.25) is 0 Å². The molecule has 4 atom stereocenters. The van der Waals surface area contributed by atoms with Gasteiger partial charge in [-0.25, -0.2) is 0 Å². The molecule has 0 spiro atoms. The molecule has 4 unspecified atom stereocenters. The summed E-state index contributed by atoms with van der Waals surface area (Å²) in [6.07, 6.45) is 0.335. The van der Waals surface area contributed by atoms with Crippen LogP contribution in [0, 0.1) is 0 Å². The Labute approximate surface area is 95.8 Å². The third-order valence-electron chi connectivity index (χ3n) is 3.14. The Morgan fingerprint density at radius 2 is 2.00 bits per heavy atom. The molecular weight excluding hydrogens is 208 g/mol. The van der Waals surface area contributed by atoms with Crippen molar-refractivity contribution in [3.05, 3.63) is 0 Å². The summed E-state index contributed by atoms with van der Waals surface area (Å²) in [6.45, 7) is 5.78. The first-order valence-electron chi connectivity index (χ1n) is 5.92. The van der Waals surface area contributed by atoms with Gasteiger partial charge in [-0.15, -0.1) is 0 Å². The number of morpholine rings is 1. The predicted octanol–water partition coefficient (Wildman–Crippen LogP) is -0.655. The Bertz CT molecular complexity index is 262. The Morgan fingerprint density at radius 1 is 1.38 bits per heavy atom. The minimum Gasteiger partial charge on any atom is -0.392 e. The molecule has 2 heterocycles. The van der Waals surface area contributed by atoms with Crippen molar-refractivity contribution in [3.8, 4) is 0 Å². The van der Waals surface area contributed by atoms with Crippen LogP contribution >= 0.6 is 0 Å². The van der Waals surface area contributed by atoms with E-state index >= 15 is 0 Å². The highest BCUT2D eigenvalue weighted by atomic mass is 16.5. The van der Waals surface area contributed by atoms with Gasteiger partial charge in [0.05, 0.1) is 24.4 Å². The van der Waals surface area contributed by atoms with E-state index in [1.54, 1.807) is 0 Å². The van der Waals surface area contributed by atoms with Crippen molar-refractivity contribution < 1.29 is 14.6 Å².